The lowest BCUT2D eigenvalue weighted by Crippen LogP contribution is -2.34. The van der Waals surface area contributed by atoms with Crippen molar-refractivity contribution >= 4 is 16.7 Å². The Kier molecular flexibility index (Phi) is 4.36. The fourth-order valence-corrected chi connectivity index (χ4v) is 4.21. The van der Waals surface area contributed by atoms with E-state index < -0.39 is 12.0 Å². The predicted molar refractivity (Wildman–Crippen MR) is 105 cm³/mol. The van der Waals surface area contributed by atoms with Gasteiger partial charge in [-0.25, -0.2) is 0 Å². The number of rotatable bonds is 6. The van der Waals surface area contributed by atoms with Gasteiger partial charge in [0.2, 0.25) is 6.04 Å². The molecule has 5 nitrogen and oxygen atoms in total. The Balaban J connectivity index is 1.80. The lowest BCUT2D eigenvalue weighted by molar-refractivity contribution is -0.526. The fourth-order valence-electron chi connectivity index (χ4n) is 4.21. The van der Waals surface area contributed by atoms with E-state index in [9.17, 15) is 14.9 Å². The minimum Gasteiger partial charge on any atom is -0.343 e. The zero-order valence-electron chi connectivity index (χ0n) is 14.9. The number of hydrogen-bond acceptors (Lipinski definition) is 3. The van der Waals surface area contributed by atoms with Gasteiger partial charge in [-0.3, -0.25) is 14.9 Å². The van der Waals surface area contributed by atoms with Gasteiger partial charge in [0.05, 0.1) is 5.92 Å². The van der Waals surface area contributed by atoms with Crippen molar-refractivity contribution in [2.24, 2.45) is 0 Å². The van der Waals surface area contributed by atoms with Crippen molar-refractivity contribution in [3.8, 4) is 0 Å². The molecule has 0 saturated carbocycles. The van der Waals surface area contributed by atoms with E-state index in [1.807, 2.05) is 48.7 Å². The molecular formula is C22H20N2O3. The molecule has 0 amide bonds. The first-order chi connectivity index (χ1) is 13.1. The number of ketones is 1. The number of nitrogens with zero attached hydrogens (tertiary/aromatic N) is 2. The molecule has 0 aliphatic heterocycles. The molecule has 1 aromatic heterocycles. The average Bonchev–Trinajstić information content (AvgIpc) is 3.03. The van der Waals surface area contributed by atoms with E-state index in [1.165, 1.54) is 0 Å². The van der Waals surface area contributed by atoms with E-state index in [2.05, 4.69) is 11.1 Å². The van der Waals surface area contributed by atoms with Gasteiger partial charge in [-0.05, 0) is 17.2 Å². The van der Waals surface area contributed by atoms with Gasteiger partial charge in [0.25, 0.3) is 0 Å². The van der Waals surface area contributed by atoms with Gasteiger partial charge in [0, 0.05) is 47.0 Å². The van der Waals surface area contributed by atoms with E-state index in [4.69, 9.17) is 0 Å². The van der Waals surface area contributed by atoms with E-state index >= 15 is 0 Å². The van der Waals surface area contributed by atoms with Crippen molar-refractivity contribution in [3.05, 3.63) is 94.2 Å². The molecule has 3 aromatic rings. The Morgan fingerprint density at radius 1 is 1.22 bits per heavy atom. The lowest BCUT2D eigenvalue weighted by atomic mass is 9.77. The van der Waals surface area contributed by atoms with Crippen molar-refractivity contribution < 1.29 is 9.72 Å². The number of aromatic nitrogens is 1. The summed E-state index contributed by atoms with van der Waals surface area (Å²) in [6.45, 7) is 4.44. The van der Waals surface area contributed by atoms with E-state index in [-0.39, 0.29) is 17.1 Å². The number of Topliss-reactive ketones (excluding diaryl/α,β-unsaturated/α-hetero) is 1. The molecule has 0 unspecified atom stereocenters. The summed E-state index contributed by atoms with van der Waals surface area (Å²) < 4.78 is 2.07. The Labute approximate surface area is 157 Å². The normalized spacial score (nSPS) is 18.4. The van der Waals surface area contributed by atoms with Gasteiger partial charge in [-0.2, -0.15) is 0 Å². The van der Waals surface area contributed by atoms with E-state index in [0.717, 1.165) is 22.0 Å². The van der Waals surface area contributed by atoms with Crippen LogP contribution in [-0.4, -0.2) is 21.3 Å². The van der Waals surface area contributed by atoms with Gasteiger partial charge in [0.1, 0.15) is 0 Å². The van der Waals surface area contributed by atoms with Crippen LogP contribution in [0.3, 0.4) is 0 Å². The zero-order valence-corrected chi connectivity index (χ0v) is 14.9. The van der Waals surface area contributed by atoms with Gasteiger partial charge in [0.15, 0.2) is 5.78 Å². The first-order valence-corrected chi connectivity index (χ1v) is 9.03. The maximum atomic E-state index is 12.8. The maximum absolute atomic E-state index is 12.8. The van der Waals surface area contributed by atoms with Crippen LogP contribution < -0.4 is 0 Å². The molecule has 1 heterocycles. The second-order valence-corrected chi connectivity index (χ2v) is 6.99. The molecule has 1 aliphatic rings. The highest BCUT2D eigenvalue weighted by Crippen LogP contribution is 2.41. The van der Waals surface area contributed by atoms with Crippen LogP contribution in [0.5, 0.6) is 0 Å². The molecule has 4 rings (SSSR count). The number of allylic oxidation sites excluding steroid dienone is 1. The summed E-state index contributed by atoms with van der Waals surface area (Å²) in [4.78, 5) is 24.4. The first-order valence-electron chi connectivity index (χ1n) is 9.03. The second-order valence-electron chi connectivity index (χ2n) is 6.99. The van der Waals surface area contributed by atoms with Gasteiger partial charge in [-0.1, -0.05) is 48.5 Å². The molecule has 136 valence electrons. The van der Waals surface area contributed by atoms with Crippen molar-refractivity contribution in [2.45, 2.75) is 31.3 Å². The summed E-state index contributed by atoms with van der Waals surface area (Å²) >= 11 is 0. The molecule has 0 N–H and O–H groups in total. The molecule has 1 aliphatic carbocycles. The fraction of sp³-hybridized carbons (Fsp3) is 0.227. The monoisotopic (exact) mass is 360 g/mol. The van der Waals surface area contributed by atoms with Crippen LogP contribution in [0, 0.1) is 10.1 Å². The van der Waals surface area contributed by atoms with Gasteiger partial charge in [-0.15, -0.1) is 6.58 Å². The molecule has 0 saturated heterocycles. The Morgan fingerprint density at radius 2 is 2.00 bits per heavy atom. The summed E-state index contributed by atoms with van der Waals surface area (Å²) in [5.74, 6) is -0.484. The molecule has 0 bridgehead atoms. The number of hydrogen-bond donors (Lipinski definition) is 0. The third-order valence-corrected chi connectivity index (χ3v) is 5.41. The standard InChI is InChI=1S/C22H20N2O3/c1-2-11-23-14-16-12-20(24(26)27)18(17-9-6-10-19(23)22(16)17)13-21(25)15-7-4-3-5-8-15/h2-10,14,18,20H,1,11-13H2/t18-,20-/m1/s1. The van der Waals surface area contributed by atoms with Crippen LogP contribution in [0.15, 0.2) is 67.4 Å². The summed E-state index contributed by atoms with van der Waals surface area (Å²) in [6.07, 6.45) is 4.29. The molecular weight excluding hydrogens is 340 g/mol. The predicted octanol–water partition coefficient (Wildman–Crippen LogP) is 4.39. The molecule has 0 spiro atoms. The Bertz CT molecular complexity index is 1040. The lowest BCUT2D eigenvalue weighted by Gasteiger charge is -2.26. The smallest absolute Gasteiger partial charge is 0.224 e. The minimum atomic E-state index is -0.796. The molecule has 2 aromatic carbocycles. The maximum Gasteiger partial charge on any atom is 0.224 e. The van der Waals surface area contributed by atoms with Crippen LogP contribution in [0.2, 0.25) is 0 Å². The van der Waals surface area contributed by atoms with Crippen LogP contribution >= 0.6 is 0 Å². The summed E-state index contributed by atoms with van der Waals surface area (Å²) in [5.41, 5.74) is 3.53. The van der Waals surface area contributed by atoms with Crippen molar-refractivity contribution in [3.63, 3.8) is 0 Å². The van der Waals surface area contributed by atoms with Gasteiger partial charge >= 0.3 is 0 Å². The van der Waals surface area contributed by atoms with Crippen LogP contribution in [0.1, 0.15) is 33.8 Å². The molecule has 0 fully saturated rings. The molecule has 27 heavy (non-hydrogen) atoms. The molecule has 5 heteroatoms. The van der Waals surface area contributed by atoms with Crippen molar-refractivity contribution in [2.75, 3.05) is 0 Å². The largest absolute Gasteiger partial charge is 0.343 e. The average molecular weight is 360 g/mol. The van der Waals surface area contributed by atoms with Crippen LogP contribution in [0.4, 0.5) is 0 Å². The summed E-state index contributed by atoms with van der Waals surface area (Å²) in [5, 5.41) is 12.9. The zero-order chi connectivity index (χ0) is 19.0. The Morgan fingerprint density at radius 3 is 2.70 bits per heavy atom. The Hall–Kier alpha value is -3.21. The summed E-state index contributed by atoms with van der Waals surface area (Å²) in [6, 6.07) is 14.1. The number of carbonyl (C=O) groups is 1. The molecule has 0 radical (unpaired) electrons. The van der Waals surface area contributed by atoms with Crippen molar-refractivity contribution in [1.82, 2.24) is 4.57 Å². The third-order valence-electron chi connectivity index (χ3n) is 5.41. The van der Waals surface area contributed by atoms with E-state index in [1.54, 1.807) is 12.1 Å². The highest BCUT2D eigenvalue weighted by molar-refractivity contribution is 5.97. The first kappa shape index (κ1) is 17.2. The van der Waals surface area contributed by atoms with E-state index in [0.29, 0.717) is 18.5 Å². The second kappa shape index (κ2) is 6.83. The highest BCUT2D eigenvalue weighted by atomic mass is 16.6. The van der Waals surface area contributed by atoms with Crippen LogP contribution in [0.25, 0.3) is 10.9 Å². The topological polar surface area (TPSA) is 65.1 Å². The van der Waals surface area contributed by atoms with Gasteiger partial charge < -0.3 is 4.57 Å². The SMILES string of the molecule is C=CCn1cc2c3c(cccc31)[C@@H](CC(=O)c1ccccc1)[C@H]([N+](=O)[O-])C2. The number of nitro groups is 1. The quantitative estimate of drug-likeness (QED) is 0.283. The minimum absolute atomic E-state index is 0.0570. The van der Waals surface area contributed by atoms with Crippen LogP contribution in [-0.2, 0) is 13.0 Å². The number of benzene rings is 2. The van der Waals surface area contributed by atoms with Crippen molar-refractivity contribution in [1.29, 1.82) is 0 Å². The molecule has 2 atom stereocenters. The highest BCUT2D eigenvalue weighted by Gasteiger charge is 2.40. The third kappa shape index (κ3) is 2.95. The number of carbonyl (C=O) groups excluding carboxylic acids is 1. The summed E-state index contributed by atoms with van der Waals surface area (Å²) in [7, 11) is 0.